The highest BCUT2D eigenvalue weighted by Crippen LogP contribution is 2.25. The van der Waals surface area contributed by atoms with E-state index in [1.54, 1.807) is 48.5 Å². The van der Waals surface area contributed by atoms with Gasteiger partial charge in [-0.3, -0.25) is 9.59 Å². The maximum Gasteiger partial charge on any atom is 0.256 e. The SMILES string of the molecule is COc1ccccc1C(=O)N[C@](C)(C(N)=O)c1cccc(Cl)c1. The molecule has 0 saturated heterocycles. The first-order valence-corrected chi connectivity index (χ1v) is 7.27. The zero-order chi connectivity index (χ0) is 17.0. The van der Waals surface area contributed by atoms with Crippen molar-refractivity contribution in [3.63, 3.8) is 0 Å². The first-order valence-electron chi connectivity index (χ1n) is 6.90. The van der Waals surface area contributed by atoms with Crippen LogP contribution in [0.2, 0.25) is 5.02 Å². The highest BCUT2D eigenvalue weighted by molar-refractivity contribution is 6.30. The van der Waals surface area contributed by atoms with Crippen molar-refractivity contribution in [3.8, 4) is 5.75 Å². The number of carbonyl (C=O) groups is 2. The predicted molar refractivity (Wildman–Crippen MR) is 88.5 cm³/mol. The van der Waals surface area contributed by atoms with Crippen molar-refractivity contribution in [3.05, 3.63) is 64.7 Å². The number of hydrogen-bond donors (Lipinski definition) is 2. The Labute approximate surface area is 139 Å². The summed E-state index contributed by atoms with van der Waals surface area (Å²) in [6.07, 6.45) is 0. The minimum Gasteiger partial charge on any atom is -0.496 e. The summed E-state index contributed by atoms with van der Waals surface area (Å²) in [5.41, 5.74) is 4.93. The molecule has 0 unspecified atom stereocenters. The summed E-state index contributed by atoms with van der Waals surface area (Å²) in [7, 11) is 1.47. The van der Waals surface area contributed by atoms with Gasteiger partial charge in [0.25, 0.3) is 5.91 Å². The summed E-state index contributed by atoms with van der Waals surface area (Å²) in [5.74, 6) is -0.755. The van der Waals surface area contributed by atoms with Gasteiger partial charge in [0.1, 0.15) is 11.3 Å². The molecular formula is C17H17ClN2O3. The second-order valence-corrected chi connectivity index (χ2v) is 5.59. The van der Waals surface area contributed by atoms with Crippen molar-refractivity contribution < 1.29 is 14.3 Å². The number of carbonyl (C=O) groups excluding carboxylic acids is 2. The maximum absolute atomic E-state index is 12.6. The summed E-state index contributed by atoms with van der Waals surface area (Å²) in [4.78, 5) is 24.6. The van der Waals surface area contributed by atoms with E-state index in [1.165, 1.54) is 14.0 Å². The summed E-state index contributed by atoms with van der Waals surface area (Å²) >= 11 is 5.97. The van der Waals surface area contributed by atoms with Gasteiger partial charge in [0.05, 0.1) is 12.7 Å². The van der Waals surface area contributed by atoms with Gasteiger partial charge in [0.2, 0.25) is 5.91 Å². The van der Waals surface area contributed by atoms with Crippen molar-refractivity contribution in [1.82, 2.24) is 5.32 Å². The van der Waals surface area contributed by atoms with E-state index in [-0.39, 0.29) is 0 Å². The summed E-state index contributed by atoms with van der Waals surface area (Å²) in [6.45, 7) is 1.54. The second kappa shape index (κ2) is 6.71. The van der Waals surface area contributed by atoms with Gasteiger partial charge in [-0.2, -0.15) is 0 Å². The highest BCUT2D eigenvalue weighted by atomic mass is 35.5. The molecule has 0 aliphatic carbocycles. The van der Waals surface area contributed by atoms with Crippen molar-refractivity contribution in [2.75, 3.05) is 7.11 Å². The van der Waals surface area contributed by atoms with Gasteiger partial charge < -0.3 is 15.8 Å². The van der Waals surface area contributed by atoms with Gasteiger partial charge in [-0.15, -0.1) is 0 Å². The Hall–Kier alpha value is -2.53. The van der Waals surface area contributed by atoms with E-state index in [1.807, 2.05) is 0 Å². The van der Waals surface area contributed by atoms with Crippen LogP contribution in [-0.2, 0) is 10.3 Å². The van der Waals surface area contributed by atoms with Crippen molar-refractivity contribution >= 4 is 23.4 Å². The average molecular weight is 333 g/mol. The van der Waals surface area contributed by atoms with Crippen molar-refractivity contribution in [1.29, 1.82) is 0 Å². The molecule has 2 amide bonds. The first kappa shape index (κ1) is 16.8. The second-order valence-electron chi connectivity index (χ2n) is 5.15. The van der Waals surface area contributed by atoms with Gasteiger partial charge in [-0.1, -0.05) is 35.9 Å². The molecular weight excluding hydrogens is 316 g/mol. The molecule has 23 heavy (non-hydrogen) atoms. The van der Waals surface area contributed by atoms with Crippen molar-refractivity contribution in [2.24, 2.45) is 5.73 Å². The molecule has 1 atom stereocenters. The van der Waals surface area contributed by atoms with E-state index in [2.05, 4.69) is 5.32 Å². The number of rotatable bonds is 5. The lowest BCUT2D eigenvalue weighted by Crippen LogP contribution is -2.52. The molecule has 0 aliphatic rings. The number of halogens is 1. The third-order valence-corrected chi connectivity index (χ3v) is 3.84. The summed E-state index contributed by atoms with van der Waals surface area (Å²) in [6, 6.07) is 13.4. The zero-order valence-corrected chi connectivity index (χ0v) is 13.6. The molecule has 0 fully saturated rings. The molecule has 0 heterocycles. The maximum atomic E-state index is 12.6. The van der Waals surface area contributed by atoms with Crippen LogP contribution in [0.25, 0.3) is 0 Å². The number of primary amides is 1. The molecule has 0 saturated carbocycles. The predicted octanol–water partition coefficient (Wildman–Crippen LogP) is 2.48. The molecule has 2 aromatic rings. The lowest BCUT2D eigenvalue weighted by molar-refractivity contribution is -0.123. The number of amides is 2. The van der Waals surface area contributed by atoms with Gasteiger partial charge in [0, 0.05) is 5.02 Å². The molecule has 120 valence electrons. The number of methoxy groups -OCH3 is 1. The average Bonchev–Trinajstić information content (AvgIpc) is 2.54. The lowest BCUT2D eigenvalue weighted by Gasteiger charge is -2.28. The third-order valence-electron chi connectivity index (χ3n) is 3.61. The number of ether oxygens (including phenoxy) is 1. The third kappa shape index (κ3) is 3.46. The van der Waals surface area contributed by atoms with Crippen LogP contribution >= 0.6 is 11.6 Å². The van der Waals surface area contributed by atoms with E-state index in [4.69, 9.17) is 22.1 Å². The summed E-state index contributed by atoms with van der Waals surface area (Å²) < 4.78 is 5.17. The van der Waals surface area contributed by atoms with Gasteiger partial charge >= 0.3 is 0 Å². The molecule has 0 spiro atoms. The molecule has 0 radical (unpaired) electrons. The zero-order valence-electron chi connectivity index (χ0n) is 12.8. The molecule has 0 aromatic heterocycles. The van der Waals surface area contributed by atoms with Crippen LogP contribution in [0.4, 0.5) is 0 Å². The molecule has 0 bridgehead atoms. The number of nitrogens with one attached hydrogen (secondary N) is 1. The van der Waals surface area contributed by atoms with Crippen LogP contribution in [0.1, 0.15) is 22.8 Å². The largest absolute Gasteiger partial charge is 0.496 e. The molecule has 6 heteroatoms. The van der Waals surface area contributed by atoms with E-state index >= 15 is 0 Å². The Bertz CT molecular complexity index is 748. The lowest BCUT2D eigenvalue weighted by atomic mass is 9.90. The van der Waals surface area contributed by atoms with E-state index < -0.39 is 17.4 Å². The Morgan fingerprint density at radius 1 is 1.17 bits per heavy atom. The molecule has 2 rings (SSSR count). The van der Waals surface area contributed by atoms with E-state index in [0.29, 0.717) is 21.9 Å². The van der Waals surface area contributed by atoms with Crippen LogP contribution in [0.5, 0.6) is 5.75 Å². The number of nitrogens with two attached hydrogens (primary N) is 1. The number of benzene rings is 2. The smallest absolute Gasteiger partial charge is 0.256 e. The first-order chi connectivity index (χ1) is 10.9. The Morgan fingerprint density at radius 2 is 1.87 bits per heavy atom. The standard InChI is InChI=1S/C17H17ClN2O3/c1-17(16(19)22,11-6-5-7-12(18)10-11)20-15(21)13-8-3-4-9-14(13)23-2/h3-10H,1-2H3,(H2,19,22)(H,20,21)/t17-/m0/s1. The van der Waals surface area contributed by atoms with E-state index in [0.717, 1.165) is 0 Å². The van der Waals surface area contributed by atoms with Crippen molar-refractivity contribution in [2.45, 2.75) is 12.5 Å². The Kier molecular flexibility index (Phi) is 4.91. The van der Waals surface area contributed by atoms with Crippen LogP contribution < -0.4 is 15.8 Å². The molecule has 2 aromatic carbocycles. The fourth-order valence-electron chi connectivity index (χ4n) is 2.20. The van der Waals surface area contributed by atoms with Crippen LogP contribution in [0, 0.1) is 0 Å². The van der Waals surface area contributed by atoms with Crippen LogP contribution in [0.15, 0.2) is 48.5 Å². The van der Waals surface area contributed by atoms with Crippen LogP contribution in [-0.4, -0.2) is 18.9 Å². The minimum absolute atomic E-state index is 0.310. The number of hydrogen-bond acceptors (Lipinski definition) is 3. The molecule has 3 N–H and O–H groups in total. The highest BCUT2D eigenvalue weighted by Gasteiger charge is 2.35. The quantitative estimate of drug-likeness (QED) is 0.882. The fraction of sp³-hybridized carbons (Fsp3) is 0.176. The van der Waals surface area contributed by atoms with Gasteiger partial charge in [0.15, 0.2) is 0 Å². The monoisotopic (exact) mass is 332 g/mol. The summed E-state index contributed by atoms with van der Waals surface area (Å²) in [5, 5.41) is 3.12. The molecule has 5 nitrogen and oxygen atoms in total. The van der Waals surface area contributed by atoms with E-state index in [9.17, 15) is 9.59 Å². The molecule has 0 aliphatic heterocycles. The Balaban J connectivity index is 2.40. The minimum atomic E-state index is -1.40. The van der Waals surface area contributed by atoms with Crippen LogP contribution in [0.3, 0.4) is 0 Å². The fourth-order valence-corrected chi connectivity index (χ4v) is 2.39. The topological polar surface area (TPSA) is 81.4 Å². The van der Waals surface area contributed by atoms with Gasteiger partial charge in [-0.05, 0) is 36.8 Å². The number of para-hydroxylation sites is 1. The van der Waals surface area contributed by atoms with Gasteiger partial charge in [-0.25, -0.2) is 0 Å². The Morgan fingerprint density at radius 3 is 2.48 bits per heavy atom. The normalized spacial score (nSPS) is 13.0.